The first kappa shape index (κ1) is 28.8. The fourth-order valence-corrected chi connectivity index (χ4v) is 3.94. The Morgan fingerprint density at radius 1 is 0.758 bits per heavy atom. The Balaban J connectivity index is 1.99. The lowest BCUT2D eigenvalue weighted by molar-refractivity contribution is -0.130. The van der Waals surface area contributed by atoms with Crippen molar-refractivity contribution in [2.24, 2.45) is 5.73 Å². The van der Waals surface area contributed by atoms with Crippen molar-refractivity contribution < 1.29 is 19.4 Å². The zero-order valence-corrected chi connectivity index (χ0v) is 20.7. The molecule has 6 nitrogen and oxygen atoms in total. The van der Waals surface area contributed by atoms with E-state index >= 15 is 0 Å². The van der Waals surface area contributed by atoms with Crippen LogP contribution in [0.2, 0.25) is 0 Å². The van der Waals surface area contributed by atoms with Crippen LogP contribution < -0.4 is 10.5 Å². The number of rotatable bonds is 20. The number of phenols is 1. The van der Waals surface area contributed by atoms with Gasteiger partial charge in [-0.25, -0.2) is 4.79 Å². The van der Waals surface area contributed by atoms with Gasteiger partial charge in [-0.15, -0.1) is 0 Å². The molecule has 0 aliphatic carbocycles. The zero-order chi connectivity index (χ0) is 24.2. The minimum atomic E-state index is -0.740. The molecule has 3 N–H and O–H groups in total. The highest BCUT2D eigenvalue weighted by Gasteiger charge is 2.18. The summed E-state index contributed by atoms with van der Waals surface area (Å²) in [5.41, 5.74) is 5.37. The standard InChI is InChI=1S/C27H46N2O4/c1-2-3-4-5-6-7-8-9-10-11-12-13-14-15-16-17-22-29(27(28)32)26(31)23-33-25-20-18-24(30)19-21-25/h18-21,30H,2-17,22-23H2,1H3,(H2,28,32). The summed E-state index contributed by atoms with van der Waals surface area (Å²) in [6, 6.07) is 5.33. The van der Waals surface area contributed by atoms with E-state index in [2.05, 4.69) is 6.92 Å². The number of unbranched alkanes of at least 4 members (excludes halogenated alkanes) is 15. The Labute approximate surface area is 200 Å². The van der Waals surface area contributed by atoms with Crippen LogP contribution in [0.25, 0.3) is 0 Å². The van der Waals surface area contributed by atoms with Crippen molar-refractivity contribution in [1.29, 1.82) is 0 Å². The van der Waals surface area contributed by atoms with E-state index in [1.54, 1.807) is 12.1 Å². The monoisotopic (exact) mass is 462 g/mol. The normalized spacial score (nSPS) is 10.8. The van der Waals surface area contributed by atoms with E-state index in [4.69, 9.17) is 10.5 Å². The number of nitrogens with two attached hydrogens (primary N) is 1. The molecule has 0 saturated heterocycles. The van der Waals surface area contributed by atoms with Crippen molar-refractivity contribution in [2.75, 3.05) is 13.2 Å². The Hall–Kier alpha value is -2.24. The molecular formula is C27H46N2O4. The van der Waals surface area contributed by atoms with E-state index < -0.39 is 11.9 Å². The molecule has 0 aliphatic rings. The third-order valence-electron chi connectivity index (χ3n) is 6.00. The van der Waals surface area contributed by atoms with Crippen molar-refractivity contribution in [3.8, 4) is 11.5 Å². The highest BCUT2D eigenvalue weighted by atomic mass is 16.5. The smallest absolute Gasteiger partial charge is 0.321 e. The average molecular weight is 463 g/mol. The predicted octanol–water partition coefficient (Wildman–Crippen LogP) is 6.94. The zero-order valence-electron chi connectivity index (χ0n) is 20.7. The van der Waals surface area contributed by atoms with Gasteiger partial charge in [0.15, 0.2) is 6.61 Å². The molecule has 3 amide bonds. The number of primary amides is 1. The fourth-order valence-electron chi connectivity index (χ4n) is 3.94. The number of carbonyl (C=O) groups excluding carboxylic acids is 2. The maximum absolute atomic E-state index is 12.3. The van der Waals surface area contributed by atoms with Crippen LogP contribution in [0.4, 0.5) is 4.79 Å². The first-order chi connectivity index (χ1) is 16.0. The van der Waals surface area contributed by atoms with Gasteiger partial charge in [0.05, 0.1) is 0 Å². The third kappa shape index (κ3) is 15.3. The van der Waals surface area contributed by atoms with E-state index in [1.807, 2.05) is 0 Å². The third-order valence-corrected chi connectivity index (χ3v) is 6.00. The molecule has 0 spiro atoms. The van der Waals surface area contributed by atoms with Gasteiger partial charge < -0.3 is 15.6 Å². The number of aromatic hydroxyl groups is 1. The van der Waals surface area contributed by atoms with Crippen LogP contribution in [0.15, 0.2) is 24.3 Å². The summed E-state index contributed by atoms with van der Waals surface area (Å²) in [5.74, 6) is 0.125. The summed E-state index contributed by atoms with van der Waals surface area (Å²) in [5, 5.41) is 9.27. The number of ether oxygens (including phenoxy) is 1. The van der Waals surface area contributed by atoms with Crippen LogP contribution in [0.5, 0.6) is 11.5 Å². The van der Waals surface area contributed by atoms with Gasteiger partial charge in [-0.3, -0.25) is 9.69 Å². The lowest BCUT2D eigenvalue weighted by Crippen LogP contribution is -2.43. The summed E-state index contributed by atoms with van der Waals surface area (Å²) >= 11 is 0. The minimum Gasteiger partial charge on any atom is -0.508 e. The summed E-state index contributed by atoms with van der Waals surface area (Å²) in [7, 11) is 0. The Bertz CT molecular complexity index is 634. The molecular weight excluding hydrogens is 416 g/mol. The molecule has 1 aromatic rings. The van der Waals surface area contributed by atoms with E-state index in [9.17, 15) is 14.7 Å². The van der Waals surface area contributed by atoms with Gasteiger partial charge in [0.2, 0.25) is 0 Å². The first-order valence-corrected chi connectivity index (χ1v) is 13.1. The second kappa shape index (κ2) is 19.2. The van der Waals surface area contributed by atoms with Crippen molar-refractivity contribution in [1.82, 2.24) is 4.90 Å². The predicted molar refractivity (Wildman–Crippen MR) is 134 cm³/mol. The summed E-state index contributed by atoms with van der Waals surface area (Å²) in [6.45, 7) is 2.33. The number of hydrogen-bond acceptors (Lipinski definition) is 4. The Kier molecular flexibility index (Phi) is 16.8. The molecule has 33 heavy (non-hydrogen) atoms. The van der Waals surface area contributed by atoms with Gasteiger partial charge in [-0.1, -0.05) is 103 Å². The van der Waals surface area contributed by atoms with E-state index in [0.29, 0.717) is 12.3 Å². The lowest BCUT2D eigenvalue weighted by Gasteiger charge is -2.18. The Morgan fingerprint density at radius 2 is 1.18 bits per heavy atom. The quantitative estimate of drug-likeness (QED) is 0.205. The van der Waals surface area contributed by atoms with Crippen molar-refractivity contribution in [3.63, 3.8) is 0 Å². The lowest BCUT2D eigenvalue weighted by atomic mass is 10.0. The second-order valence-corrected chi connectivity index (χ2v) is 8.97. The summed E-state index contributed by atoms with van der Waals surface area (Å²) < 4.78 is 5.38. The minimum absolute atomic E-state index is 0.121. The highest BCUT2D eigenvalue weighted by Crippen LogP contribution is 2.16. The van der Waals surface area contributed by atoms with E-state index in [-0.39, 0.29) is 12.4 Å². The number of hydrogen-bond donors (Lipinski definition) is 2. The van der Waals surface area contributed by atoms with Crippen molar-refractivity contribution >= 4 is 11.9 Å². The van der Waals surface area contributed by atoms with Crippen molar-refractivity contribution in [3.05, 3.63) is 24.3 Å². The maximum Gasteiger partial charge on any atom is 0.321 e. The largest absolute Gasteiger partial charge is 0.508 e. The molecule has 0 atom stereocenters. The number of nitrogens with zero attached hydrogens (tertiary/aromatic N) is 1. The highest BCUT2D eigenvalue weighted by molar-refractivity contribution is 5.94. The van der Waals surface area contributed by atoms with Crippen LogP contribution in [0.1, 0.15) is 110 Å². The molecule has 0 bridgehead atoms. The van der Waals surface area contributed by atoms with Gasteiger partial charge in [-0.2, -0.15) is 0 Å². The van der Waals surface area contributed by atoms with Gasteiger partial charge in [0, 0.05) is 6.54 Å². The molecule has 0 heterocycles. The number of benzene rings is 1. The van der Waals surface area contributed by atoms with E-state index in [1.165, 1.54) is 95.6 Å². The van der Waals surface area contributed by atoms with Gasteiger partial charge in [-0.05, 0) is 30.7 Å². The van der Waals surface area contributed by atoms with Crippen LogP contribution in [0.3, 0.4) is 0 Å². The molecule has 0 unspecified atom stereocenters. The topological polar surface area (TPSA) is 92.9 Å². The molecule has 0 aromatic heterocycles. The van der Waals surface area contributed by atoms with Crippen molar-refractivity contribution in [2.45, 2.75) is 110 Å². The molecule has 6 heteroatoms. The van der Waals surface area contributed by atoms with E-state index in [0.717, 1.165) is 24.2 Å². The molecule has 1 aromatic carbocycles. The fraction of sp³-hybridized carbons (Fsp3) is 0.704. The van der Waals surface area contributed by atoms with Crippen LogP contribution in [-0.4, -0.2) is 35.1 Å². The molecule has 188 valence electrons. The molecule has 0 fully saturated rings. The number of imide groups is 1. The molecule has 0 radical (unpaired) electrons. The molecule has 0 aliphatic heterocycles. The Morgan fingerprint density at radius 3 is 1.61 bits per heavy atom. The second-order valence-electron chi connectivity index (χ2n) is 8.97. The SMILES string of the molecule is CCCCCCCCCCCCCCCCCCN(C(N)=O)C(=O)COc1ccc(O)cc1. The first-order valence-electron chi connectivity index (χ1n) is 13.1. The average Bonchev–Trinajstić information content (AvgIpc) is 2.80. The van der Waals surface area contributed by atoms with Crippen LogP contribution in [-0.2, 0) is 4.79 Å². The van der Waals surface area contributed by atoms with Gasteiger partial charge in [0.25, 0.3) is 5.91 Å². The number of phenolic OH excluding ortho intramolecular Hbond substituents is 1. The summed E-state index contributed by atoms with van der Waals surface area (Å²) in [4.78, 5) is 25.0. The molecule has 0 saturated carbocycles. The molecule has 1 rings (SSSR count). The summed E-state index contributed by atoms with van der Waals surface area (Å²) in [6.07, 6.45) is 20.4. The van der Waals surface area contributed by atoms with Crippen LogP contribution in [0, 0.1) is 0 Å². The van der Waals surface area contributed by atoms with Gasteiger partial charge in [0.1, 0.15) is 11.5 Å². The maximum atomic E-state index is 12.3. The number of carbonyl (C=O) groups is 2. The van der Waals surface area contributed by atoms with Crippen LogP contribution >= 0.6 is 0 Å². The number of urea groups is 1. The number of amides is 3. The van der Waals surface area contributed by atoms with Gasteiger partial charge >= 0.3 is 6.03 Å².